The molecule has 15 heavy (non-hydrogen) atoms. The third kappa shape index (κ3) is 2.77. The van der Waals surface area contributed by atoms with Crippen molar-refractivity contribution in [2.24, 2.45) is 7.05 Å². The number of aromatic nitrogens is 2. The molecule has 0 aliphatic rings. The molecule has 0 aliphatic carbocycles. The summed E-state index contributed by atoms with van der Waals surface area (Å²) in [7, 11) is 1.67. The molecule has 0 radical (unpaired) electrons. The quantitative estimate of drug-likeness (QED) is 0.652. The number of aliphatic hydroxyl groups excluding tert-OH is 2. The fourth-order valence-electron chi connectivity index (χ4n) is 1.13. The number of esters is 1. The van der Waals surface area contributed by atoms with Crippen molar-refractivity contribution in [1.82, 2.24) is 9.78 Å². The molecule has 0 fully saturated rings. The molecule has 1 rings (SSSR count). The maximum absolute atomic E-state index is 11.1. The minimum absolute atomic E-state index is 0.162. The maximum atomic E-state index is 11.1. The smallest absolute Gasteiger partial charge is 0.338 e. The Bertz CT molecular complexity index is 337. The van der Waals surface area contributed by atoms with E-state index in [1.807, 2.05) is 0 Å². The van der Waals surface area contributed by atoms with Gasteiger partial charge in [-0.1, -0.05) is 0 Å². The topological polar surface area (TPSA) is 84.6 Å². The van der Waals surface area contributed by atoms with Crippen LogP contribution < -0.4 is 0 Å². The second-order valence-corrected chi connectivity index (χ2v) is 3.09. The Kier molecular flexibility index (Phi) is 3.81. The second-order valence-electron chi connectivity index (χ2n) is 3.09. The van der Waals surface area contributed by atoms with E-state index in [0.29, 0.717) is 5.56 Å². The van der Waals surface area contributed by atoms with E-state index in [4.69, 9.17) is 0 Å². The van der Waals surface area contributed by atoms with Crippen molar-refractivity contribution >= 4 is 5.97 Å². The molecule has 0 aliphatic heterocycles. The van der Waals surface area contributed by atoms with Crippen molar-refractivity contribution in [3.8, 4) is 0 Å². The largest absolute Gasteiger partial charge is 0.464 e. The van der Waals surface area contributed by atoms with Gasteiger partial charge in [-0.25, -0.2) is 4.79 Å². The van der Waals surface area contributed by atoms with Gasteiger partial charge in [0, 0.05) is 18.8 Å². The van der Waals surface area contributed by atoms with Gasteiger partial charge in [0.15, 0.2) is 6.10 Å². The number of aryl methyl sites for hydroxylation is 1. The first-order valence-electron chi connectivity index (χ1n) is 4.57. The van der Waals surface area contributed by atoms with Crippen molar-refractivity contribution in [2.75, 3.05) is 6.61 Å². The van der Waals surface area contributed by atoms with Crippen LogP contribution in [0.1, 0.15) is 18.6 Å². The highest BCUT2D eigenvalue weighted by atomic mass is 16.5. The van der Waals surface area contributed by atoms with Crippen LogP contribution in [0.3, 0.4) is 0 Å². The van der Waals surface area contributed by atoms with Crippen molar-refractivity contribution in [3.05, 3.63) is 18.0 Å². The summed E-state index contributed by atoms with van der Waals surface area (Å²) in [6.07, 6.45) is 0.0205. The van der Waals surface area contributed by atoms with E-state index in [1.54, 1.807) is 14.0 Å². The molecule has 6 nitrogen and oxygen atoms in total. The van der Waals surface area contributed by atoms with Crippen LogP contribution in [0.5, 0.6) is 0 Å². The fourth-order valence-corrected chi connectivity index (χ4v) is 1.13. The Morgan fingerprint density at radius 1 is 1.67 bits per heavy atom. The van der Waals surface area contributed by atoms with Crippen LogP contribution in [0, 0.1) is 0 Å². The van der Waals surface area contributed by atoms with Gasteiger partial charge in [0.05, 0.1) is 12.8 Å². The van der Waals surface area contributed by atoms with E-state index in [-0.39, 0.29) is 6.61 Å². The Hall–Kier alpha value is -1.40. The summed E-state index contributed by atoms with van der Waals surface area (Å²) in [6.45, 7) is 1.79. The first-order valence-corrected chi connectivity index (χ1v) is 4.57. The molecule has 0 saturated heterocycles. The highest BCUT2D eigenvalue weighted by Crippen LogP contribution is 2.16. The lowest BCUT2D eigenvalue weighted by atomic mass is 10.1. The minimum atomic E-state index is -1.57. The van der Waals surface area contributed by atoms with Crippen molar-refractivity contribution < 1.29 is 19.7 Å². The zero-order valence-electron chi connectivity index (χ0n) is 8.62. The molecule has 1 aromatic heterocycles. The van der Waals surface area contributed by atoms with Crippen LogP contribution in [-0.4, -0.2) is 38.7 Å². The van der Waals surface area contributed by atoms with Gasteiger partial charge in [0.2, 0.25) is 0 Å². The highest BCUT2D eigenvalue weighted by molar-refractivity contribution is 5.75. The lowest BCUT2D eigenvalue weighted by Crippen LogP contribution is -2.29. The van der Waals surface area contributed by atoms with Gasteiger partial charge in [-0.2, -0.15) is 5.10 Å². The predicted molar refractivity (Wildman–Crippen MR) is 50.8 cm³/mol. The summed E-state index contributed by atoms with van der Waals surface area (Å²) >= 11 is 0. The van der Waals surface area contributed by atoms with Gasteiger partial charge >= 0.3 is 5.97 Å². The Morgan fingerprint density at radius 3 is 2.80 bits per heavy atom. The first kappa shape index (κ1) is 11.7. The third-order valence-corrected chi connectivity index (χ3v) is 1.89. The van der Waals surface area contributed by atoms with Crippen LogP contribution in [0.2, 0.25) is 0 Å². The summed E-state index contributed by atoms with van der Waals surface area (Å²) in [5.41, 5.74) is 0.373. The summed E-state index contributed by atoms with van der Waals surface area (Å²) < 4.78 is 6.05. The van der Waals surface area contributed by atoms with Crippen LogP contribution >= 0.6 is 0 Å². The number of carbonyl (C=O) groups excluding carboxylic acids is 1. The average Bonchev–Trinajstić information content (AvgIpc) is 2.63. The fraction of sp³-hybridized carbons (Fsp3) is 0.556. The van der Waals surface area contributed by atoms with E-state index in [2.05, 4.69) is 9.84 Å². The highest BCUT2D eigenvalue weighted by Gasteiger charge is 2.27. The molecule has 6 heteroatoms. The van der Waals surface area contributed by atoms with E-state index in [1.165, 1.54) is 17.1 Å². The maximum Gasteiger partial charge on any atom is 0.338 e. The van der Waals surface area contributed by atoms with Gasteiger partial charge in [0.1, 0.15) is 6.10 Å². The first-order chi connectivity index (χ1) is 7.06. The molecule has 0 bridgehead atoms. The van der Waals surface area contributed by atoms with E-state index < -0.39 is 18.2 Å². The molecule has 2 N–H and O–H groups in total. The zero-order chi connectivity index (χ0) is 11.4. The second kappa shape index (κ2) is 4.90. The molecule has 0 aromatic carbocycles. The lowest BCUT2D eigenvalue weighted by Gasteiger charge is -2.14. The molecular formula is C9H14N2O4. The molecule has 0 amide bonds. The Morgan fingerprint density at radius 2 is 2.33 bits per heavy atom. The molecular weight excluding hydrogens is 200 g/mol. The van der Waals surface area contributed by atoms with Crippen LogP contribution in [-0.2, 0) is 16.6 Å². The molecule has 0 spiro atoms. The number of rotatable bonds is 4. The minimum Gasteiger partial charge on any atom is -0.464 e. The van der Waals surface area contributed by atoms with Gasteiger partial charge in [0.25, 0.3) is 0 Å². The number of nitrogens with zero attached hydrogens (tertiary/aromatic N) is 2. The number of carbonyl (C=O) groups is 1. The number of hydrogen-bond acceptors (Lipinski definition) is 5. The molecule has 0 saturated carbocycles. The summed E-state index contributed by atoms with van der Waals surface area (Å²) in [6, 6.07) is 0. The monoisotopic (exact) mass is 214 g/mol. The standard InChI is InChI=1S/C9H14N2O4/c1-3-15-9(14)8(13)7(12)6-4-10-11(2)5-6/h4-5,7-8,12-13H,3H2,1-2H3. The molecule has 84 valence electrons. The summed E-state index contributed by atoms with van der Waals surface area (Å²) in [5, 5.41) is 22.8. The van der Waals surface area contributed by atoms with Crippen LogP contribution in [0.15, 0.2) is 12.4 Å². The summed E-state index contributed by atoms with van der Waals surface area (Å²) in [5.74, 6) is -0.839. The van der Waals surface area contributed by atoms with E-state index in [9.17, 15) is 15.0 Å². The van der Waals surface area contributed by atoms with Crippen LogP contribution in [0.25, 0.3) is 0 Å². The molecule has 1 heterocycles. The van der Waals surface area contributed by atoms with Crippen LogP contribution in [0.4, 0.5) is 0 Å². The Labute approximate surface area is 87.1 Å². The molecule has 2 unspecified atom stereocenters. The SMILES string of the molecule is CCOC(=O)C(O)C(O)c1cnn(C)c1. The lowest BCUT2D eigenvalue weighted by molar-refractivity contribution is -0.159. The van der Waals surface area contributed by atoms with Gasteiger partial charge in [-0.3, -0.25) is 4.68 Å². The van der Waals surface area contributed by atoms with Gasteiger partial charge in [-0.05, 0) is 6.92 Å². The van der Waals surface area contributed by atoms with E-state index in [0.717, 1.165) is 0 Å². The molecule has 1 aromatic rings. The number of ether oxygens (including phenoxy) is 1. The average molecular weight is 214 g/mol. The Balaban J connectivity index is 2.67. The molecule has 2 atom stereocenters. The van der Waals surface area contributed by atoms with Crippen molar-refractivity contribution in [1.29, 1.82) is 0 Å². The van der Waals surface area contributed by atoms with Crippen molar-refractivity contribution in [3.63, 3.8) is 0 Å². The van der Waals surface area contributed by atoms with Crippen molar-refractivity contribution in [2.45, 2.75) is 19.1 Å². The number of hydrogen-bond donors (Lipinski definition) is 2. The van der Waals surface area contributed by atoms with E-state index >= 15 is 0 Å². The van der Waals surface area contributed by atoms with Gasteiger partial charge < -0.3 is 14.9 Å². The third-order valence-electron chi connectivity index (χ3n) is 1.89. The normalized spacial score (nSPS) is 14.7. The number of aliphatic hydroxyl groups is 2. The predicted octanol–water partition coefficient (Wildman–Crippen LogP) is -0.623. The summed E-state index contributed by atoms with van der Waals surface area (Å²) in [4.78, 5) is 11.1. The zero-order valence-corrected chi connectivity index (χ0v) is 8.62. The van der Waals surface area contributed by atoms with Gasteiger partial charge in [-0.15, -0.1) is 0 Å².